The van der Waals surface area contributed by atoms with E-state index in [9.17, 15) is 8.42 Å². The van der Waals surface area contributed by atoms with Crippen LogP contribution in [0.1, 0.15) is 13.8 Å². The van der Waals surface area contributed by atoms with Crippen LogP contribution in [0.4, 0.5) is 5.69 Å². The quantitative estimate of drug-likeness (QED) is 0.902. The molecule has 0 amide bonds. The van der Waals surface area contributed by atoms with Gasteiger partial charge in [0, 0.05) is 8.95 Å². The fourth-order valence-corrected chi connectivity index (χ4v) is 3.05. The van der Waals surface area contributed by atoms with Crippen molar-refractivity contribution in [3.63, 3.8) is 0 Å². The Bertz CT molecular complexity index is 437. The molecule has 0 spiro atoms. The lowest BCUT2D eigenvalue weighted by atomic mass is 10.3. The third-order valence-electron chi connectivity index (χ3n) is 1.83. The smallest absolute Gasteiger partial charge is 0.235 e. The molecule has 1 aromatic carbocycles. The number of anilines is 1. The minimum atomic E-state index is -3.31. The maximum Gasteiger partial charge on any atom is 0.235 e. The molecule has 3 nitrogen and oxygen atoms in total. The second-order valence-electron chi connectivity index (χ2n) is 3.29. The van der Waals surface area contributed by atoms with E-state index in [1.165, 1.54) is 0 Å². The van der Waals surface area contributed by atoms with Crippen LogP contribution in [-0.2, 0) is 10.0 Å². The second kappa shape index (κ2) is 4.84. The Labute approximate surface area is 107 Å². The van der Waals surface area contributed by atoms with E-state index in [4.69, 9.17) is 0 Å². The number of sulfonamides is 1. The second-order valence-corrected chi connectivity index (χ2v) is 7.24. The van der Waals surface area contributed by atoms with Crippen LogP contribution in [0, 0.1) is 0 Å². The summed E-state index contributed by atoms with van der Waals surface area (Å²) in [5.41, 5.74) is 0.534. The Balaban J connectivity index is 3.11. The van der Waals surface area contributed by atoms with Crippen LogP contribution in [-0.4, -0.2) is 13.7 Å². The minimum Gasteiger partial charge on any atom is -0.281 e. The van der Waals surface area contributed by atoms with Gasteiger partial charge < -0.3 is 0 Å². The summed E-state index contributed by atoms with van der Waals surface area (Å²) in [5.74, 6) is 0. The highest BCUT2D eigenvalue weighted by molar-refractivity contribution is 9.11. The monoisotopic (exact) mass is 355 g/mol. The van der Waals surface area contributed by atoms with Crippen LogP contribution in [0.25, 0.3) is 0 Å². The van der Waals surface area contributed by atoms with Gasteiger partial charge in [-0.2, -0.15) is 0 Å². The molecule has 0 aromatic heterocycles. The van der Waals surface area contributed by atoms with Crippen molar-refractivity contribution in [2.75, 3.05) is 4.72 Å². The van der Waals surface area contributed by atoms with E-state index in [-0.39, 0.29) is 0 Å². The van der Waals surface area contributed by atoms with Crippen molar-refractivity contribution >= 4 is 47.6 Å². The Hall–Kier alpha value is -0.0700. The van der Waals surface area contributed by atoms with Crippen molar-refractivity contribution in [2.45, 2.75) is 19.1 Å². The average Bonchev–Trinajstić information content (AvgIpc) is 2.11. The third kappa shape index (κ3) is 3.19. The lowest BCUT2D eigenvalue weighted by Gasteiger charge is -2.13. The molecule has 0 fully saturated rings. The third-order valence-corrected chi connectivity index (χ3v) is 4.88. The van der Waals surface area contributed by atoms with Gasteiger partial charge in [-0.25, -0.2) is 8.42 Å². The van der Waals surface area contributed by atoms with Crippen LogP contribution < -0.4 is 4.72 Å². The van der Waals surface area contributed by atoms with Gasteiger partial charge >= 0.3 is 0 Å². The molecule has 0 heterocycles. The van der Waals surface area contributed by atoms with Crippen LogP contribution in [0.3, 0.4) is 0 Å². The summed E-state index contributed by atoms with van der Waals surface area (Å²) in [6.45, 7) is 3.26. The van der Waals surface area contributed by atoms with Gasteiger partial charge in [0.05, 0.1) is 10.9 Å². The van der Waals surface area contributed by atoms with Gasteiger partial charge in [-0.1, -0.05) is 6.07 Å². The Kier molecular flexibility index (Phi) is 4.20. The molecule has 0 aliphatic rings. The number of hydrogen-bond acceptors (Lipinski definition) is 2. The summed E-state index contributed by atoms with van der Waals surface area (Å²) in [6, 6.07) is 5.38. The minimum absolute atomic E-state index is 0.462. The number of hydrogen-bond donors (Lipinski definition) is 1. The summed E-state index contributed by atoms with van der Waals surface area (Å²) in [4.78, 5) is 0. The van der Waals surface area contributed by atoms with E-state index in [0.717, 1.165) is 0 Å². The molecule has 6 heteroatoms. The molecule has 1 rings (SSSR count). The largest absolute Gasteiger partial charge is 0.281 e. The first kappa shape index (κ1) is 13.0. The molecule has 0 atom stereocenters. The number of rotatable bonds is 3. The van der Waals surface area contributed by atoms with Gasteiger partial charge in [0.15, 0.2) is 0 Å². The number of para-hydroxylation sites is 1. The summed E-state index contributed by atoms with van der Waals surface area (Å²) < 4.78 is 27.3. The molecule has 0 saturated carbocycles. The van der Waals surface area contributed by atoms with Gasteiger partial charge in [-0.3, -0.25) is 4.72 Å². The van der Waals surface area contributed by atoms with Crippen LogP contribution in [0.5, 0.6) is 0 Å². The van der Waals surface area contributed by atoms with Crippen LogP contribution in [0.15, 0.2) is 27.1 Å². The van der Waals surface area contributed by atoms with Crippen molar-refractivity contribution in [3.8, 4) is 0 Å². The lowest BCUT2D eigenvalue weighted by molar-refractivity contribution is 0.592. The highest BCUT2D eigenvalue weighted by Crippen LogP contribution is 2.31. The molecule has 15 heavy (non-hydrogen) atoms. The fourth-order valence-electron chi connectivity index (χ4n) is 0.855. The highest BCUT2D eigenvalue weighted by Gasteiger charge is 2.18. The predicted octanol–water partition coefficient (Wildman–Crippen LogP) is 3.36. The van der Waals surface area contributed by atoms with E-state index < -0.39 is 15.3 Å². The lowest BCUT2D eigenvalue weighted by Crippen LogP contribution is -2.22. The van der Waals surface area contributed by atoms with Gasteiger partial charge in [-0.05, 0) is 57.8 Å². The van der Waals surface area contributed by atoms with Gasteiger partial charge in [-0.15, -0.1) is 0 Å². The molecular weight excluding hydrogens is 346 g/mol. The van der Waals surface area contributed by atoms with Crippen molar-refractivity contribution in [1.29, 1.82) is 0 Å². The first-order valence-electron chi connectivity index (χ1n) is 4.30. The van der Waals surface area contributed by atoms with Crippen molar-refractivity contribution in [1.82, 2.24) is 0 Å². The molecule has 0 unspecified atom stereocenters. The molecule has 0 bridgehead atoms. The van der Waals surface area contributed by atoms with Crippen LogP contribution in [0.2, 0.25) is 0 Å². The molecular formula is C9H11Br2NO2S. The zero-order chi connectivity index (χ0) is 11.6. The average molecular weight is 357 g/mol. The highest BCUT2D eigenvalue weighted by atomic mass is 79.9. The zero-order valence-electron chi connectivity index (χ0n) is 8.29. The molecule has 84 valence electrons. The Morgan fingerprint density at radius 3 is 2.07 bits per heavy atom. The first-order chi connectivity index (χ1) is 6.84. The zero-order valence-corrected chi connectivity index (χ0v) is 12.3. The molecule has 1 N–H and O–H groups in total. The maximum absolute atomic E-state index is 11.7. The van der Waals surface area contributed by atoms with E-state index in [2.05, 4.69) is 36.6 Å². The topological polar surface area (TPSA) is 46.2 Å². The summed E-state index contributed by atoms with van der Waals surface area (Å²) in [5, 5.41) is -0.462. The summed E-state index contributed by atoms with van der Waals surface area (Å²) in [7, 11) is -3.31. The van der Waals surface area contributed by atoms with Gasteiger partial charge in [0.2, 0.25) is 10.0 Å². The standard InChI is InChI=1S/C9H11Br2NO2S/c1-6(2)15(13,14)12-9-7(10)4-3-5-8(9)11/h3-6,12H,1-2H3. The van der Waals surface area contributed by atoms with Gasteiger partial charge in [0.25, 0.3) is 0 Å². The molecule has 0 saturated heterocycles. The molecule has 0 aliphatic carbocycles. The number of benzene rings is 1. The molecule has 0 radical (unpaired) electrons. The Morgan fingerprint density at radius 2 is 1.67 bits per heavy atom. The SMILES string of the molecule is CC(C)S(=O)(=O)Nc1c(Br)cccc1Br. The fraction of sp³-hybridized carbons (Fsp3) is 0.333. The normalized spacial score (nSPS) is 11.8. The van der Waals surface area contributed by atoms with Crippen molar-refractivity contribution in [3.05, 3.63) is 27.1 Å². The predicted molar refractivity (Wildman–Crippen MR) is 69.5 cm³/mol. The first-order valence-corrected chi connectivity index (χ1v) is 7.43. The number of halogens is 2. The number of nitrogens with one attached hydrogen (secondary N) is 1. The van der Waals surface area contributed by atoms with Crippen LogP contribution >= 0.6 is 31.9 Å². The van der Waals surface area contributed by atoms with E-state index in [1.54, 1.807) is 26.0 Å². The van der Waals surface area contributed by atoms with Gasteiger partial charge in [0.1, 0.15) is 0 Å². The maximum atomic E-state index is 11.7. The molecule has 0 aliphatic heterocycles. The van der Waals surface area contributed by atoms with E-state index in [1.807, 2.05) is 6.07 Å². The summed E-state index contributed by atoms with van der Waals surface area (Å²) in [6.07, 6.45) is 0. The molecule has 1 aromatic rings. The van der Waals surface area contributed by atoms with Crippen molar-refractivity contribution in [2.24, 2.45) is 0 Å². The van der Waals surface area contributed by atoms with E-state index in [0.29, 0.717) is 14.6 Å². The Morgan fingerprint density at radius 1 is 1.20 bits per heavy atom. The summed E-state index contributed by atoms with van der Waals surface area (Å²) >= 11 is 6.58. The van der Waals surface area contributed by atoms with Crippen molar-refractivity contribution < 1.29 is 8.42 Å². The van der Waals surface area contributed by atoms with E-state index >= 15 is 0 Å².